The van der Waals surface area contributed by atoms with Crippen LogP contribution in [-0.2, 0) is 4.74 Å². The summed E-state index contributed by atoms with van der Waals surface area (Å²) >= 11 is 0. The lowest BCUT2D eigenvalue weighted by Gasteiger charge is -2.31. The third kappa shape index (κ3) is 7.70. The maximum absolute atomic E-state index is 15.0. The van der Waals surface area contributed by atoms with E-state index < -0.39 is 0 Å². The number of piperidine rings is 1. The molecule has 214 valence electrons. The Morgan fingerprint density at radius 1 is 1.21 bits per heavy atom. The minimum absolute atomic E-state index is 0. The molecule has 0 spiro atoms. The second-order valence-electron chi connectivity index (χ2n) is 9.79. The van der Waals surface area contributed by atoms with Crippen LogP contribution in [0, 0.1) is 12.7 Å². The number of likely N-dealkylation sites (tertiary alicyclic amines) is 1. The molecule has 2 aromatic heterocycles. The van der Waals surface area contributed by atoms with Crippen molar-refractivity contribution >= 4 is 23.1 Å². The van der Waals surface area contributed by atoms with Crippen molar-refractivity contribution in [1.82, 2.24) is 24.4 Å². The van der Waals surface area contributed by atoms with Gasteiger partial charge in [-0.25, -0.2) is 24.3 Å². The van der Waals surface area contributed by atoms with Crippen molar-refractivity contribution < 1.29 is 10.6 Å². The molecule has 1 aliphatic rings. The molecule has 3 heterocycles. The van der Waals surface area contributed by atoms with Gasteiger partial charge < -0.3 is 19.5 Å². The fraction of sp³-hybridized carbons (Fsp3) is 0.533. The van der Waals surface area contributed by atoms with Gasteiger partial charge in [-0.2, -0.15) is 0 Å². The molecule has 4 rings (SSSR count). The SMILES string of the molecule is C/C=C(\N=C/C(C)OC1CCN(CC)CC1)Nc1cc(-c2cc(F)c3nc(C)n(C(C)C)c3c2)ncn1.CC.[HH]. The molecule has 8 nitrogen and oxygen atoms in total. The molecule has 0 bridgehead atoms. The first-order valence-corrected chi connectivity index (χ1v) is 14.1. The van der Waals surface area contributed by atoms with Crippen LogP contribution in [0.2, 0.25) is 0 Å². The average molecular weight is 540 g/mol. The maximum Gasteiger partial charge on any atom is 0.151 e. The number of hydrogen-bond donors (Lipinski definition) is 1. The number of rotatable bonds is 9. The highest BCUT2D eigenvalue weighted by atomic mass is 19.1. The molecule has 0 amide bonds. The molecule has 1 atom stereocenters. The van der Waals surface area contributed by atoms with E-state index in [9.17, 15) is 4.39 Å². The largest absolute Gasteiger partial charge is 0.370 e. The number of nitrogens with zero attached hydrogens (tertiary/aromatic N) is 6. The number of allylic oxidation sites excluding steroid dienone is 1. The van der Waals surface area contributed by atoms with E-state index in [-0.39, 0.29) is 25.5 Å². The van der Waals surface area contributed by atoms with E-state index in [4.69, 9.17) is 4.74 Å². The van der Waals surface area contributed by atoms with Crippen molar-refractivity contribution in [3.8, 4) is 11.3 Å². The number of aliphatic imine (C=N–C) groups is 1. The van der Waals surface area contributed by atoms with Gasteiger partial charge in [0.2, 0.25) is 0 Å². The summed E-state index contributed by atoms with van der Waals surface area (Å²) in [6.45, 7) is 19.4. The lowest BCUT2D eigenvalue weighted by molar-refractivity contribution is -0.00542. The molecule has 1 N–H and O–H groups in total. The van der Waals surface area contributed by atoms with E-state index in [0.29, 0.717) is 28.4 Å². The molecule has 1 saturated heterocycles. The smallest absolute Gasteiger partial charge is 0.151 e. The molecule has 0 radical (unpaired) electrons. The zero-order valence-electron chi connectivity index (χ0n) is 24.7. The van der Waals surface area contributed by atoms with Gasteiger partial charge in [0.1, 0.15) is 29.3 Å². The zero-order chi connectivity index (χ0) is 28.5. The molecule has 1 fully saturated rings. The van der Waals surface area contributed by atoms with Crippen LogP contribution in [0.4, 0.5) is 10.2 Å². The van der Waals surface area contributed by atoms with Gasteiger partial charge in [-0.15, -0.1) is 0 Å². The number of anilines is 1. The predicted octanol–water partition coefficient (Wildman–Crippen LogP) is 7.03. The van der Waals surface area contributed by atoms with Gasteiger partial charge in [0.25, 0.3) is 0 Å². The van der Waals surface area contributed by atoms with Gasteiger partial charge in [-0.3, -0.25) is 0 Å². The lowest BCUT2D eigenvalue weighted by atomic mass is 10.1. The van der Waals surface area contributed by atoms with Crippen LogP contribution < -0.4 is 5.32 Å². The van der Waals surface area contributed by atoms with Crippen LogP contribution in [-0.4, -0.2) is 62.5 Å². The van der Waals surface area contributed by atoms with E-state index in [0.717, 1.165) is 43.8 Å². The molecule has 1 aromatic carbocycles. The third-order valence-corrected chi connectivity index (χ3v) is 6.75. The van der Waals surface area contributed by atoms with Gasteiger partial charge in [-0.1, -0.05) is 20.8 Å². The van der Waals surface area contributed by atoms with E-state index in [2.05, 4.69) is 50.9 Å². The van der Waals surface area contributed by atoms with Gasteiger partial charge in [-0.05, 0) is 72.2 Å². The van der Waals surface area contributed by atoms with E-state index in [1.165, 1.54) is 12.4 Å². The Bertz CT molecular complexity index is 1280. The minimum atomic E-state index is -0.365. The minimum Gasteiger partial charge on any atom is -0.370 e. The Balaban J connectivity index is 0.00000183. The third-order valence-electron chi connectivity index (χ3n) is 6.75. The van der Waals surface area contributed by atoms with Crippen molar-refractivity contribution in [2.75, 3.05) is 25.0 Å². The monoisotopic (exact) mass is 539 g/mol. The molecule has 0 saturated carbocycles. The topological polar surface area (TPSA) is 80.5 Å². The van der Waals surface area contributed by atoms with Crippen LogP contribution in [0.3, 0.4) is 0 Å². The second-order valence-corrected chi connectivity index (χ2v) is 9.79. The Hall–Kier alpha value is -3.17. The number of imidazole rings is 1. The molecular formula is C30H46FN7O. The molecule has 1 aliphatic heterocycles. The average Bonchev–Trinajstić information content (AvgIpc) is 3.29. The normalized spacial score (nSPS) is 16.1. The number of fused-ring (bicyclic) bond motifs is 1. The fourth-order valence-electron chi connectivity index (χ4n) is 4.85. The number of benzene rings is 1. The molecular weight excluding hydrogens is 493 g/mol. The quantitative estimate of drug-likeness (QED) is 0.294. The number of halogens is 1. The van der Waals surface area contributed by atoms with Crippen molar-refractivity contribution in [2.24, 2.45) is 4.99 Å². The van der Waals surface area contributed by atoms with Crippen LogP contribution >= 0.6 is 0 Å². The van der Waals surface area contributed by atoms with Gasteiger partial charge in [0.05, 0.1) is 23.4 Å². The molecule has 0 aliphatic carbocycles. The molecule has 3 aromatic rings. The number of aryl methyl sites for hydroxylation is 1. The Kier molecular flexibility index (Phi) is 11.1. The number of nitrogens with one attached hydrogen (secondary N) is 1. The number of aromatic nitrogens is 4. The summed E-state index contributed by atoms with van der Waals surface area (Å²) in [7, 11) is 0. The van der Waals surface area contributed by atoms with Crippen molar-refractivity contribution in [1.29, 1.82) is 0 Å². The summed E-state index contributed by atoms with van der Waals surface area (Å²) in [5.41, 5.74) is 2.41. The Morgan fingerprint density at radius 2 is 1.92 bits per heavy atom. The van der Waals surface area contributed by atoms with Crippen molar-refractivity contribution in [3.05, 3.63) is 48.1 Å². The van der Waals surface area contributed by atoms with E-state index in [1.807, 2.05) is 57.5 Å². The maximum atomic E-state index is 15.0. The highest BCUT2D eigenvalue weighted by molar-refractivity contribution is 5.83. The van der Waals surface area contributed by atoms with Crippen molar-refractivity contribution in [3.63, 3.8) is 0 Å². The first-order valence-electron chi connectivity index (χ1n) is 14.1. The summed E-state index contributed by atoms with van der Waals surface area (Å²) in [6.07, 6.45) is 7.43. The standard InChI is InChI=1S/C28H38FN7O.C2H6.H2/c1-7-26(30-16-19(5)37-22-9-11-35(8-2)12-10-22)34-27-15-24(31-17-32-27)21-13-23(29)28-25(14-21)36(18(3)4)20(6)33-28;1-2;/h7,13-19,22H,8-12H2,1-6H3,(H,31,32,34);1-2H3;1H/b26-7+,30-16-;;. The van der Waals surface area contributed by atoms with Gasteiger partial charge in [0, 0.05) is 38.4 Å². The first kappa shape index (κ1) is 30.4. The van der Waals surface area contributed by atoms with Crippen LogP contribution in [0.1, 0.15) is 74.6 Å². The van der Waals surface area contributed by atoms with Crippen LogP contribution in [0.15, 0.2) is 41.4 Å². The fourth-order valence-corrected chi connectivity index (χ4v) is 4.85. The van der Waals surface area contributed by atoms with Crippen LogP contribution in [0.25, 0.3) is 22.3 Å². The first-order chi connectivity index (χ1) is 18.8. The second kappa shape index (κ2) is 14.3. The molecule has 39 heavy (non-hydrogen) atoms. The summed E-state index contributed by atoms with van der Waals surface area (Å²) in [6, 6.07) is 5.37. The highest BCUT2D eigenvalue weighted by Gasteiger charge is 2.20. The number of ether oxygens (including phenoxy) is 1. The number of hydrogen-bond acceptors (Lipinski definition) is 7. The van der Waals surface area contributed by atoms with E-state index >= 15 is 0 Å². The molecule has 9 heteroatoms. The summed E-state index contributed by atoms with van der Waals surface area (Å²) in [5, 5.41) is 3.24. The van der Waals surface area contributed by atoms with Crippen LogP contribution in [0.5, 0.6) is 0 Å². The molecule has 1 unspecified atom stereocenters. The Morgan fingerprint density at radius 3 is 2.56 bits per heavy atom. The zero-order valence-corrected chi connectivity index (χ0v) is 24.7. The van der Waals surface area contributed by atoms with E-state index in [1.54, 1.807) is 6.07 Å². The van der Waals surface area contributed by atoms with Crippen molar-refractivity contribution in [2.45, 2.75) is 86.5 Å². The van der Waals surface area contributed by atoms with Gasteiger partial charge >= 0.3 is 0 Å². The summed E-state index contributed by atoms with van der Waals surface area (Å²) in [5.74, 6) is 1.64. The highest BCUT2D eigenvalue weighted by Crippen LogP contribution is 2.29. The van der Waals surface area contributed by atoms with Gasteiger partial charge in [0.15, 0.2) is 5.82 Å². The lowest BCUT2D eigenvalue weighted by Crippen LogP contribution is -2.38. The summed E-state index contributed by atoms with van der Waals surface area (Å²) in [4.78, 5) is 20.2. The summed E-state index contributed by atoms with van der Waals surface area (Å²) < 4.78 is 23.2. The predicted molar refractivity (Wildman–Crippen MR) is 161 cm³/mol. The Labute approximate surface area is 233 Å².